The topological polar surface area (TPSA) is 171 Å². The Morgan fingerprint density at radius 1 is 0.840 bits per heavy atom. The van der Waals surface area contributed by atoms with Gasteiger partial charge in [-0.2, -0.15) is 0 Å². The summed E-state index contributed by atoms with van der Waals surface area (Å²) in [5, 5.41) is 9.28. The summed E-state index contributed by atoms with van der Waals surface area (Å²) in [6.45, 7) is 7.47. The van der Waals surface area contributed by atoms with E-state index in [1.165, 1.54) is 11.9 Å². The van der Waals surface area contributed by atoms with Crippen molar-refractivity contribution in [3.05, 3.63) is 64.7 Å². The number of benzene rings is 2. The number of Topliss-reactive ketones (excluding diaryl/α,β-unsaturated/α-hetero) is 1. The summed E-state index contributed by atoms with van der Waals surface area (Å²) in [5.74, 6) is 0.109. The van der Waals surface area contributed by atoms with Gasteiger partial charge in [-0.25, -0.2) is 4.98 Å². The van der Waals surface area contributed by atoms with Crippen LogP contribution in [0.25, 0.3) is 10.9 Å². The molecular weight excluding hydrogens is 670 g/mol. The highest BCUT2D eigenvalue weighted by atomic mass is 32.2. The van der Waals surface area contributed by atoms with Gasteiger partial charge in [0.2, 0.25) is 0 Å². The lowest BCUT2D eigenvalue weighted by Gasteiger charge is -2.31. The van der Waals surface area contributed by atoms with Crippen LogP contribution in [0.1, 0.15) is 37.7 Å². The molecule has 50 heavy (non-hydrogen) atoms. The Morgan fingerprint density at radius 2 is 1.40 bits per heavy atom. The highest BCUT2D eigenvalue weighted by molar-refractivity contribution is 7.89. The number of carboxylic acid groups (broad SMARTS) is 1. The third-order valence-corrected chi connectivity index (χ3v) is 9.42. The van der Waals surface area contributed by atoms with Crippen molar-refractivity contribution in [3.8, 4) is 5.75 Å². The van der Waals surface area contributed by atoms with Gasteiger partial charge in [0.1, 0.15) is 24.7 Å². The largest absolute Gasteiger partial charge is 0.593 e. The number of piperidine rings is 1. The first kappa shape index (κ1) is 39.4. The summed E-state index contributed by atoms with van der Waals surface area (Å²) in [4.78, 5) is 39.1. The van der Waals surface area contributed by atoms with Gasteiger partial charge in [0, 0.05) is 25.6 Å². The quantitative estimate of drug-likeness (QED) is 0.106. The molecule has 1 aromatic heterocycles. The fraction of sp³-hybridized carbons (Fsp3) is 0.543. The first-order valence-electron chi connectivity index (χ1n) is 16.8. The number of nitrogens with zero attached hydrogens (tertiary/aromatic N) is 3. The van der Waals surface area contributed by atoms with E-state index in [0.717, 1.165) is 23.2 Å². The van der Waals surface area contributed by atoms with Gasteiger partial charge < -0.3 is 38.1 Å². The number of hydrogen-bond donors (Lipinski definition) is 1. The molecule has 0 radical (unpaired) electrons. The third kappa shape index (κ3) is 13.4. The molecule has 1 saturated heterocycles. The van der Waals surface area contributed by atoms with Crippen molar-refractivity contribution in [2.24, 2.45) is 0 Å². The molecule has 1 aliphatic rings. The van der Waals surface area contributed by atoms with Crippen molar-refractivity contribution < 1.29 is 47.7 Å². The van der Waals surface area contributed by atoms with Gasteiger partial charge in [0.15, 0.2) is 4.90 Å². The molecule has 1 fully saturated rings. The molecule has 14 nitrogen and oxygen atoms in total. The van der Waals surface area contributed by atoms with Gasteiger partial charge in [0.25, 0.3) is 5.56 Å². The maximum absolute atomic E-state index is 13.3. The maximum atomic E-state index is 13.3. The summed E-state index contributed by atoms with van der Waals surface area (Å²) in [7, 11) is 0. The van der Waals surface area contributed by atoms with Crippen LogP contribution in [0.3, 0.4) is 0 Å². The second-order valence-electron chi connectivity index (χ2n) is 11.6. The van der Waals surface area contributed by atoms with Crippen molar-refractivity contribution in [2.45, 2.75) is 43.5 Å². The number of fused-ring (bicyclic) bond motifs is 1. The van der Waals surface area contributed by atoms with Crippen LogP contribution in [-0.4, -0.2) is 121 Å². The number of ether oxygens (including phenoxy) is 6. The predicted molar refractivity (Wildman–Crippen MR) is 185 cm³/mol. The van der Waals surface area contributed by atoms with Gasteiger partial charge in [0.05, 0.1) is 94.7 Å². The molecule has 1 atom stereocenters. The molecule has 3 aromatic rings. The molecular formula is C35H47N3O11S. The van der Waals surface area contributed by atoms with Crippen LogP contribution >= 0.6 is 0 Å². The Morgan fingerprint density at radius 3 is 1.96 bits per heavy atom. The lowest BCUT2D eigenvalue weighted by Crippen LogP contribution is -2.37. The molecule has 4 rings (SSSR count). The lowest BCUT2D eigenvalue weighted by molar-refractivity contribution is -0.137. The van der Waals surface area contributed by atoms with E-state index in [2.05, 4.69) is 17.1 Å². The highest BCUT2D eigenvalue weighted by Crippen LogP contribution is 2.32. The molecule has 15 heteroatoms. The third-order valence-electron chi connectivity index (χ3n) is 7.93. The lowest BCUT2D eigenvalue weighted by atomic mass is 9.90. The Hall–Kier alpha value is -3.41. The predicted octanol–water partition coefficient (Wildman–Crippen LogP) is 2.82. The Labute approximate surface area is 294 Å². The van der Waals surface area contributed by atoms with E-state index in [9.17, 15) is 18.9 Å². The highest BCUT2D eigenvalue weighted by Gasteiger charge is 2.29. The number of aliphatic carboxylic acids is 1. The van der Waals surface area contributed by atoms with Gasteiger partial charge in [-0.1, -0.05) is 12.1 Å². The van der Waals surface area contributed by atoms with Crippen LogP contribution in [0, 0.1) is 0 Å². The molecule has 274 valence electrons. The van der Waals surface area contributed by atoms with E-state index >= 15 is 0 Å². The number of carbonyl (C=O) groups excluding carboxylic acids is 1. The Kier molecular flexibility index (Phi) is 17.1. The summed E-state index contributed by atoms with van der Waals surface area (Å²) >= 11 is -1.40. The van der Waals surface area contributed by atoms with E-state index in [1.807, 2.05) is 16.4 Å². The standard InChI is InChI=1S/C35H47N3O11S/c1-27(39)10-13-44-14-15-45-16-17-46-18-19-47-20-21-48-22-23-49-30-4-2-28(3-5-30)29-8-11-38(12-9-29)50(43)31-6-7-32-33(24-31)36-26-37(35(32)42)25-34(40)41/h2-7,24,26,29H,8-23,25H2,1H3,(H,40,41). The summed E-state index contributed by atoms with van der Waals surface area (Å²) in [6, 6.07) is 12.9. The minimum Gasteiger partial charge on any atom is -0.593 e. The normalized spacial score (nSPS) is 14.6. The Bertz CT molecular complexity index is 1530. The van der Waals surface area contributed by atoms with Crippen LogP contribution in [0.2, 0.25) is 0 Å². The first-order chi connectivity index (χ1) is 24.3. The second kappa shape index (κ2) is 21.7. The van der Waals surface area contributed by atoms with Gasteiger partial charge >= 0.3 is 5.97 Å². The van der Waals surface area contributed by atoms with E-state index in [1.54, 1.807) is 25.1 Å². The van der Waals surface area contributed by atoms with Crippen LogP contribution in [0.15, 0.2) is 58.5 Å². The molecule has 1 unspecified atom stereocenters. The zero-order valence-electron chi connectivity index (χ0n) is 28.5. The molecule has 0 bridgehead atoms. The maximum Gasteiger partial charge on any atom is 0.323 e. The minimum atomic E-state index is -1.40. The zero-order chi connectivity index (χ0) is 35.6. The second-order valence-corrected chi connectivity index (χ2v) is 13.1. The number of carboxylic acids is 1. The number of carbonyl (C=O) groups is 2. The van der Waals surface area contributed by atoms with Crippen LogP contribution in [0.5, 0.6) is 5.75 Å². The summed E-state index contributed by atoms with van der Waals surface area (Å²) in [6.07, 6.45) is 3.35. The average molecular weight is 718 g/mol. The van der Waals surface area contributed by atoms with Crippen molar-refractivity contribution in [1.82, 2.24) is 13.9 Å². The monoisotopic (exact) mass is 717 g/mol. The summed E-state index contributed by atoms with van der Waals surface area (Å²) in [5.41, 5.74) is 1.16. The van der Waals surface area contributed by atoms with Crippen molar-refractivity contribution in [2.75, 3.05) is 85.8 Å². The van der Waals surface area contributed by atoms with Crippen LogP contribution in [0.4, 0.5) is 0 Å². The molecule has 0 amide bonds. The van der Waals surface area contributed by atoms with E-state index in [0.29, 0.717) is 109 Å². The number of rotatable bonds is 24. The zero-order valence-corrected chi connectivity index (χ0v) is 29.3. The van der Waals surface area contributed by atoms with E-state index in [-0.39, 0.29) is 11.2 Å². The fourth-order valence-corrected chi connectivity index (χ4v) is 6.50. The molecule has 0 aliphatic carbocycles. The number of hydrogen-bond acceptors (Lipinski definition) is 12. The molecule has 1 aliphatic heterocycles. The van der Waals surface area contributed by atoms with E-state index in [4.69, 9.17) is 33.5 Å². The molecule has 2 aromatic carbocycles. The molecule has 0 saturated carbocycles. The van der Waals surface area contributed by atoms with Gasteiger partial charge in [-0.15, -0.1) is 4.31 Å². The Balaban J connectivity index is 1.03. The fourth-order valence-electron chi connectivity index (χ4n) is 5.26. The smallest absolute Gasteiger partial charge is 0.323 e. The molecule has 0 spiro atoms. The van der Waals surface area contributed by atoms with Crippen LogP contribution in [-0.2, 0) is 51.2 Å². The SMILES string of the molecule is CC(=O)CCOCCOCCOCCOCCOCCOc1ccc(C2CCN([S+]([O-])c3ccc4c(=O)n(CC(=O)O)cnc4c3)CC2)cc1. The van der Waals surface area contributed by atoms with Crippen molar-refractivity contribution in [1.29, 1.82) is 0 Å². The average Bonchev–Trinajstić information content (AvgIpc) is 3.12. The van der Waals surface area contributed by atoms with Gasteiger partial charge in [-0.05, 0) is 55.5 Å². The molecule has 2 heterocycles. The first-order valence-corrected chi connectivity index (χ1v) is 17.9. The van der Waals surface area contributed by atoms with Gasteiger partial charge in [-0.3, -0.25) is 19.0 Å². The minimum absolute atomic E-state index is 0.116. The summed E-state index contributed by atoms with van der Waals surface area (Å²) < 4.78 is 49.3. The van der Waals surface area contributed by atoms with E-state index < -0.39 is 29.4 Å². The van der Waals surface area contributed by atoms with Crippen molar-refractivity contribution >= 4 is 34.0 Å². The van der Waals surface area contributed by atoms with Crippen molar-refractivity contribution in [3.63, 3.8) is 0 Å². The van der Waals surface area contributed by atoms with Crippen LogP contribution < -0.4 is 10.3 Å². The molecule has 1 N–H and O–H groups in total. The number of aromatic nitrogens is 2. The number of ketones is 1.